The summed E-state index contributed by atoms with van der Waals surface area (Å²) in [6, 6.07) is 60.6. The number of hydrogen-bond acceptors (Lipinski definition) is 1. The van der Waals surface area contributed by atoms with E-state index in [1.807, 2.05) is 0 Å². The van der Waals surface area contributed by atoms with Gasteiger partial charge in [0.25, 0.3) is 0 Å². The summed E-state index contributed by atoms with van der Waals surface area (Å²) in [5.74, 6) is 1.02. The van der Waals surface area contributed by atoms with E-state index in [1.54, 1.807) is 0 Å². The minimum Gasteiger partial charge on any atom is -0.324 e. The Morgan fingerprint density at radius 1 is 0.412 bits per heavy atom. The van der Waals surface area contributed by atoms with Gasteiger partial charge in [-0.05, 0) is 112 Å². The first-order valence-electron chi connectivity index (χ1n) is 17.9. The third-order valence-electron chi connectivity index (χ3n) is 11.1. The molecular weight excluding hydrogens is 617 g/mol. The number of para-hydroxylation sites is 2. The van der Waals surface area contributed by atoms with Crippen molar-refractivity contribution in [2.75, 3.05) is 0 Å². The van der Waals surface area contributed by atoms with E-state index in [9.17, 15) is 0 Å². The average molecular weight is 649 g/mol. The number of benzene rings is 9. The van der Waals surface area contributed by atoms with Crippen LogP contribution in [0, 0.1) is 0 Å². The normalized spacial score (nSPS) is 12.1. The van der Waals surface area contributed by atoms with Gasteiger partial charge >= 0.3 is 0 Å². The quantitative estimate of drug-likeness (QED) is 0.174. The lowest BCUT2D eigenvalue weighted by Crippen LogP contribution is -1.97. The third-order valence-corrected chi connectivity index (χ3v) is 11.1. The van der Waals surface area contributed by atoms with E-state index in [0.29, 0.717) is 0 Å². The molecule has 11 rings (SSSR count). The van der Waals surface area contributed by atoms with E-state index < -0.39 is 0 Å². The molecule has 1 heterocycles. The van der Waals surface area contributed by atoms with Crippen molar-refractivity contribution in [2.45, 2.75) is 13.5 Å². The van der Waals surface area contributed by atoms with Crippen LogP contribution in [-0.2, 0) is 6.54 Å². The number of fused-ring (bicyclic) bond motifs is 3. The number of aryl methyl sites for hydroxylation is 1. The van der Waals surface area contributed by atoms with Crippen molar-refractivity contribution in [1.82, 2.24) is 9.55 Å². The van der Waals surface area contributed by atoms with Crippen LogP contribution in [0.1, 0.15) is 6.92 Å². The molecule has 0 saturated carbocycles. The van der Waals surface area contributed by atoms with Gasteiger partial charge in [-0.1, -0.05) is 146 Å². The maximum absolute atomic E-state index is 4.97. The molecule has 0 amide bonds. The molecule has 2 heteroatoms. The molecule has 238 valence electrons. The van der Waals surface area contributed by atoms with Crippen LogP contribution in [0.3, 0.4) is 0 Å². The predicted molar refractivity (Wildman–Crippen MR) is 218 cm³/mol. The number of aromatic nitrogens is 2. The summed E-state index contributed by atoms with van der Waals surface area (Å²) >= 11 is 0. The molecule has 0 atom stereocenters. The first-order chi connectivity index (χ1) is 25.2. The van der Waals surface area contributed by atoms with Crippen molar-refractivity contribution in [1.29, 1.82) is 0 Å². The van der Waals surface area contributed by atoms with Crippen LogP contribution in [0.4, 0.5) is 0 Å². The van der Waals surface area contributed by atoms with Crippen molar-refractivity contribution in [3.8, 4) is 33.6 Å². The van der Waals surface area contributed by atoms with Crippen LogP contribution >= 0.6 is 0 Å². The van der Waals surface area contributed by atoms with Crippen LogP contribution in [0.5, 0.6) is 0 Å². The summed E-state index contributed by atoms with van der Waals surface area (Å²) in [6.45, 7) is 3.06. The van der Waals surface area contributed by atoms with E-state index >= 15 is 0 Å². The Morgan fingerprint density at radius 2 is 0.902 bits per heavy atom. The zero-order chi connectivity index (χ0) is 33.6. The molecule has 0 unspecified atom stereocenters. The Kier molecular flexibility index (Phi) is 5.97. The Hall–Kier alpha value is -6.51. The summed E-state index contributed by atoms with van der Waals surface area (Å²) < 4.78 is 2.30. The van der Waals surface area contributed by atoms with Gasteiger partial charge in [0.1, 0.15) is 5.82 Å². The van der Waals surface area contributed by atoms with Crippen LogP contribution in [-0.4, -0.2) is 9.55 Å². The molecule has 0 bridgehead atoms. The average Bonchev–Trinajstić information content (AvgIpc) is 3.58. The van der Waals surface area contributed by atoms with E-state index in [1.165, 1.54) is 92.4 Å². The summed E-state index contributed by atoms with van der Waals surface area (Å²) in [4.78, 5) is 4.97. The van der Waals surface area contributed by atoms with E-state index in [4.69, 9.17) is 4.98 Å². The molecule has 0 saturated heterocycles. The molecule has 10 aromatic carbocycles. The molecule has 0 aliphatic heterocycles. The molecule has 0 spiro atoms. The topological polar surface area (TPSA) is 17.8 Å². The van der Waals surface area contributed by atoms with Crippen molar-refractivity contribution in [3.63, 3.8) is 0 Å². The van der Waals surface area contributed by atoms with Crippen molar-refractivity contribution < 1.29 is 0 Å². The van der Waals surface area contributed by atoms with Gasteiger partial charge in [-0.25, -0.2) is 4.98 Å². The largest absolute Gasteiger partial charge is 0.324 e. The Bertz CT molecular complexity index is 3150. The van der Waals surface area contributed by atoms with Gasteiger partial charge in [-0.15, -0.1) is 0 Å². The fourth-order valence-corrected chi connectivity index (χ4v) is 8.81. The highest BCUT2D eigenvalue weighted by Crippen LogP contribution is 2.45. The first-order valence-corrected chi connectivity index (χ1v) is 17.9. The number of imidazole rings is 1. The summed E-state index contributed by atoms with van der Waals surface area (Å²) in [6.07, 6.45) is 0. The van der Waals surface area contributed by atoms with Crippen molar-refractivity contribution in [3.05, 3.63) is 164 Å². The second-order valence-corrected chi connectivity index (χ2v) is 13.8. The molecule has 0 radical (unpaired) electrons. The molecular formula is C49H32N2. The van der Waals surface area contributed by atoms with Gasteiger partial charge < -0.3 is 4.57 Å². The molecule has 0 aliphatic rings. The van der Waals surface area contributed by atoms with Crippen LogP contribution in [0.25, 0.3) is 109 Å². The van der Waals surface area contributed by atoms with E-state index in [2.05, 4.69) is 175 Å². The molecule has 0 aliphatic carbocycles. The van der Waals surface area contributed by atoms with Gasteiger partial charge in [0.05, 0.1) is 11.0 Å². The first kappa shape index (κ1) is 28.3. The van der Waals surface area contributed by atoms with Gasteiger partial charge in [0.15, 0.2) is 0 Å². The molecule has 2 nitrogen and oxygen atoms in total. The minimum atomic E-state index is 0.879. The lowest BCUT2D eigenvalue weighted by molar-refractivity contribution is 0.796. The number of rotatable bonds is 4. The highest BCUT2D eigenvalue weighted by molar-refractivity contribution is 6.37. The van der Waals surface area contributed by atoms with Gasteiger partial charge in [0, 0.05) is 12.1 Å². The Balaban J connectivity index is 1.09. The van der Waals surface area contributed by atoms with Crippen LogP contribution in [0.15, 0.2) is 164 Å². The monoisotopic (exact) mass is 648 g/mol. The third kappa shape index (κ3) is 4.08. The Morgan fingerprint density at radius 3 is 1.53 bits per heavy atom. The van der Waals surface area contributed by atoms with Crippen molar-refractivity contribution in [2.24, 2.45) is 0 Å². The maximum atomic E-state index is 4.97. The maximum Gasteiger partial charge on any atom is 0.141 e. The second-order valence-electron chi connectivity index (χ2n) is 13.8. The fourth-order valence-electron chi connectivity index (χ4n) is 8.81. The van der Waals surface area contributed by atoms with Crippen molar-refractivity contribution >= 4 is 75.7 Å². The number of hydrogen-bond donors (Lipinski definition) is 0. The smallest absolute Gasteiger partial charge is 0.141 e. The molecule has 0 N–H and O–H groups in total. The van der Waals surface area contributed by atoms with Gasteiger partial charge in [-0.3, -0.25) is 0 Å². The zero-order valence-electron chi connectivity index (χ0n) is 28.2. The highest BCUT2D eigenvalue weighted by atomic mass is 15.1. The standard InChI is InChI=1S/C49H32N2/c1-2-51-44-18-4-3-17-43(44)50-49(51)35-27-21-31(22-28-35)30-19-23-32(24-20-30)42-29-36-11-7-14-38-37-12-5-9-33-25-26-34-10-6-13-39(46(34)45(33)37)40-15-8-16-41(42)48(40)47(36)38/h3-29H,2H2,1H3. The SMILES string of the molecule is CCn1c(-c2ccc(-c3ccc(-c4cc5cccc6c7cccc8ccc9cccc(c%10cccc4c%10c56)c9c87)cc3)cc2)nc2ccccc21. The summed E-state index contributed by atoms with van der Waals surface area (Å²) in [7, 11) is 0. The molecule has 0 fully saturated rings. The van der Waals surface area contributed by atoms with Crippen LogP contribution in [0.2, 0.25) is 0 Å². The fraction of sp³-hybridized carbons (Fsp3) is 0.0408. The Labute approximate surface area is 295 Å². The lowest BCUT2D eigenvalue weighted by atomic mass is 9.85. The number of nitrogens with zero attached hydrogens (tertiary/aromatic N) is 2. The van der Waals surface area contributed by atoms with E-state index in [0.717, 1.165) is 23.4 Å². The summed E-state index contributed by atoms with van der Waals surface area (Å²) in [5.41, 5.74) is 8.23. The highest BCUT2D eigenvalue weighted by Gasteiger charge is 2.18. The minimum absolute atomic E-state index is 0.879. The molecule has 11 aromatic rings. The zero-order valence-corrected chi connectivity index (χ0v) is 28.2. The predicted octanol–water partition coefficient (Wildman–Crippen LogP) is 13.4. The van der Waals surface area contributed by atoms with Gasteiger partial charge in [0.2, 0.25) is 0 Å². The molecule has 1 aromatic heterocycles. The van der Waals surface area contributed by atoms with Crippen LogP contribution < -0.4 is 0 Å². The van der Waals surface area contributed by atoms with Gasteiger partial charge in [-0.2, -0.15) is 0 Å². The molecule has 51 heavy (non-hydrogen) atoms. The summed E-state index contributed by atoms with van der Waals surface area (Å²) in [5, 5.41) is 15.7. The second kappa shape index (κ2) is 10.7. The lowest BCUT2D eigenvalue weighted by Gasteiger charge is -2.18. The van der Waals surface area contributed by atoms with E-state index in [-0.39, 0.29) is 0 Å².